The predicted octanol–water partition coefficient (Wildman–Crippen LogP) is 0.250. The molecule has 2 saturated heterocycles. The van der Waals surface area contributed by atoms with E-state index in [9.17, 15) is 24.9 Å². The number of carbonyl (C=O) groups excluding carboxylic acids is 1. The van der Waals surface area contributed by atoms with Crippen LogP contribution in [0.5, 0.6) is 0 Å². The van der Waals surface area contributed by atoms with Crippen molar-refractivity contribution in [1.82, 2.24) is 24.8 Å². The number of amides is 1. The summed E-state index contributed by atoms with van der Waals surface area (Å²) in [6.45, 7) is 1.10. The number of aliphatic hydroxyl groups excluding tert-OH is 2. The molecule has 37 heavy (non-hydrogen) atoms. The Morgan fingerprint density at radius 2 is 1.97 bits per heavy atom. The number of fused-ring (bicyclic) bond motifs is 3. The van der Waals surface area contributed by atoms with Crippen molar-refractivity contribution in [2.75, 3.05) is 19.8 Å². The van der Waals surface area contributed by atoms with Crippen molar-refractivity contribution < 1.29 is 39.1 Å². The van der Waals surface area contributed by atoms with Crippen LogP contribution in [0.25, 0.3) is 11.2 Å². The van der Waals surface area contributed by atoms with Gasteiger partial charge >= 0.3 is 12.1 Å². The Balaban J connectivity index is 1.10. The summed E-state index contributed by atoms with van der Waals surface area (Å²) in [7, 11) is 0. The van der Waals surface area contributed by atoms with E-state index in [4.69, 9.17) is 14.2 Å². The van der Waals surface area contributed by atoms with E-state index in [0.717, 1.165) is 38.0 Å². The Labute approximate surface area is 212 Å². The van der Waals surface area contributed by atoms with Gasteiger partial charge in [0.1, 0.15) is 36.8 Å². The largest absolute Gasteiger partial charge is 0.481 e. The van der Waals surface area contributed by atoms with Crippen molar-refractivity contribution in [3.8, 4) is 0 Å². The molecule has 13 heteroatoms. The van der Waals surface area contributed by atoms with Gasteiger partial charge in [-0.05, 0) is 49.9 Å². The number of nitrogens with one attached hydrogen (secondary N) is 1. The van der Waals surface area contributed by atoms with Gasteiger partial charge < -0.3 is 34.8 Å². The van der Waals surface area contributed by atoms with E-state index in [1.54, 1.807) is 4.57 Å². The van der Waals surface area contributed by atoms with Gasteiger partial charge in [-0.1, -0.05) is 0 Å². The SMILES string of the molecule is O=C(N[C@@H]1C2CCC(C2)[C@@H]1C(=O)O)OC[C@H]1OC(n2cnc3c(C[C@@H]4CCOC4)ncnc32)[C@H](O)[C@@H]1O. The Bertz CT molecular complexity index is 1170. The Kier molecular flexibility index (Phi) is 6.47. The molecule has 1 amide bonds. The van der Waals surface area contributed by atoms with Crippen molar-refractivity contribution in [2.45, 2.75) is 62.7 Å². The van der Waals surface area contributed by atoms with Crippen LogP contribution in [0.1, 0.15) is 37.6 Å². The standard InChI is InChI=1S/C24H31N5O8/c30-19-15(8-36-24(34)28-17-13-2-1-12(6-13)16(17)23(32)33)37-22(20(19)31)29-10-27-18-14(25-9-26-21(18)29)5-11-3-4-35-7-11/h9-13,15-17,19-20,22,30-31H,1-8H2,(H,28,34)(H,32,33)/t11-,12?,13?,15+,16-,17+,19+,20+,22?/m0/s1. The normalized spacial score (nSPS) is 36.9. The quantitative estimate of drug-likeness (QED) is 0.396. The van der Waals surface area contributed by atoms with E-state index >= 15 is 0 Å². The third kappa shape index (κ3) is 4.43. The number of rotatable bonds is 7. The smallest absolute Gasteiger partial charge is 0.407 e. The highest BCUT2D eigenvalue weighted by Crippen LogP contribution is 2.48. The van der Waals surface area contributed by atoms with Crippen molar-refractivity contribution in [3.05, 3.63) is 18.3 Å². The average molecular weight is 518 g/mol. The van der Waals surface area contributed by atoms with Gasteiger partial charge in [-0.3, -0.25) is 9.36 Å². The number of aliphatic carboxylic acids is 1. The summed E-state index contributed by atoms with van der Waals surface area (Å²) in [6.07, 6.45) is 1.75. The summed E-state index contributed by atoms with van der Waals surface area (Å²) in [4.78, 5) is 37.3. The van der Waals surface area contributed by atoms with Crippen LogP contribution in [0, 0.1) is 23.7 Å². The van der Waals surface area contributed by atoms with E-state index in [2.05, 4.69) is 20.3 Å². The van der Waals surface area contributed by atoms with Crippen LogP contribution >= 0.6 is 0 Å². The fourth-order valence-electron chi connectivity index (χ4n) is 6.54. The Morgan fingerprint density at radius 3 is 2.76 bits per heavy atom. The number of hydrogen-bond acceptors (Lipinski definition) is 10. The molecule has 13 nitrogen and oxygen atoms in total. The number of carboxylic acid groups (broad SMARTS) is 1. The minimum atomic E-state index is -1.32. The fourth-order valence-corrected chi connectivity index (χ4v) is 6.54. The maximum atomic E-state index is 12.5. The second-order valence-electron chi connectivity index (χ2n) is 10.6. The van der Waals surface area contributed by atoms with E-state index in [0.29, 0.717) is 30.1 Å². The zero-order chi connectivity index (χ0) is 25.7. The first-order valence-corrected chi connectivity index (χ1v) is 12.8. The number of nitrogens with zero attached hydrogens (tertiary/aromatic N) is 4. The minimum Gasteiger partial charge on any atom is -0.481 e. The van der Waals surface area contributed by atoms with Crippen molar-refractivity contribution >= 4 is 23.2 Å². The topological polar surface area (TPSA) is 178 Å². The first kappa shape index (κ1) is 24.5. The molecule has 0 aromatic carbocycles. The molecule has 2 aromatic rings. The molecule has 2 aromatic heterocycles. The zero-order valence-electron chi connectivity index (χ0n) is 20.2. The van der Waals surface area contributed by atoms with Crippen LogP contribution in [-0.4, -0.2) is 91.1 Å². The lowest BCUT2D eigenvalue weighted by molar-refractivity contribution is -0.144. The lowest BCUT2D eigenvalue weighted by atomic mass is 9.84. The molecular weight excluding hydrogens is 486 g/mol. The van der Waals surface area contributed by atoms with Crippen LogP contribution in [-0.2, 0) is 25.4 Å². The molecular formula is C24H31N5O8. The molecule has 2 aliphatic heterocycles. The van der Waals surface area contributed by atoms with Crippen LogP contribution in [0.3, 0.4) is 0 Å². The molecule has 4 fully saturated rings. The molecule has 4 aliphatic rings. The third-order valence-electron chi connectivity index (χ3n) is 8.42. The molecule has 3 unspecified atom stereocenters. The maximum Gasteiger partial charge on any atom is 0.407 e. The van der Waals surface area contributed by atoms with Gasteiger partial charge in [0, 0.05) is 19.3 Å². The molecule has 2 saturated carbocycles. The van der Waals surface area contributed by atoms with Crippen LogP contribution in [0.4, 0.5) is 4.79 Å². The van der Waals surface area contributed by atoms with Crippen molar-refractivity contribution in [2.24, 2.45) is 23.7 Å². The summed E-state index contributed by atoms with van der Waals surface area (Å²) < 4.78 is 18.2. The van der Waals surface area contributed by atoms with Gasteiger partial charge in [0.15, 0.2) is 11.9 Å². The number of imidazole rings is 1. The summed E-state index contributed by atoms with van der Waals surface area (Å²) in [5.74, 6) is -0.968. The summed E-state index contributed by atoms with van der Waals surface area (Å²) in [6, 6.07) is -0.474. The number of aliphatic hydroxyl groups is 2. The second-order valence-corrected chi connectivity index (χ2v) is 10.6. The van der Waals surface area contributed by atoms with Gasteiger partial charge in [-0.25, -0.2) is 19.7 Å². The first-order chi connectivity index (χ1) is 17.9. The average Bonchev–Trinajstić information content (AvgIpc) is 3.69. The molecule has 0 radical (unpaired) electrons. The molecule has 4 heterocycles. The van der Waals surface area contributed by atoms with Gasteiger partial charge in [0.2, 0.25) is 0 Å². The minimum absolute atomic E-state index is 0.0736. The first-order valence-electron chi connectivity index (χ1n) is 12.8. The lowest BCUT2D eigenvalue weighted by Gasteiger charge is -2.28. The van der Waals surface area contributed by atoms with Crippen LogP contribution in [0.15, 0.2) is 12.7 Å². The number of ether oxygens (including phenoxy) is 3. The number of alkyl carbamates (subject to hydrolysis) is 1. The monoisotopic (exact) mass is 517 g/mol. The summed E-state index contributed by atoms with van der Waals surface area (Å²) >= 11 is 0. The molecule has 4 N–H and O–H groups in total. The highest BCUT2D eigenvalue weighted by molar-refractivity contribution is 5.75. The number of carbonyl (C=O) groups is 2. The molecule has 6 rings (SSSR count). The summed E-state index contributed by atoms with van der Waals surface area (Å²) in [5.41, 5.74) is 1.84. The molecule has 2 aliphatic carbocycles. The van der Waals surface area contributed by atoms with E-state index in [1.807, 2.05) is 0 Å². The van der Waals surface area contributed by atoms with Crippen molar-refractivity contribution in [1.29, 1.82) is 0 Å². The van der Waals surface area contributed by atoms with E-state index < -0.39 is 48.6 Å². The number of carboxylic acids is 1. The molecule has 0 spiro atoms. The Morgan fingerprint density at radius 1 is 1.14 bits per heavy atom. The van der Waals surface area contributed by atoms with E-state index in [1.165, 1.54) is 12.7 Å². The van der Waals surface area contributed by atoms with Gasteiger partial charge in [0.05, 0.1) is 17.9 Å². The third-order valence-corrected chi connectivity index (χ3v) is 8.42. The number of aromatic nitrogens is 4. The Hall–Kier alpha value is -2.87. The molecule has 9 atom stereocenters. The van der Waals surface area contributed by atoms with E-state index in [-0.39, 0.29) is 18.4 Å². The molecule has 200 valence electrons. The fraction of sp³-hybridized carbons (Fsp3) is 0.708. The lowest BCUT2D eigenvalue weighted by Crippen LogP contribution is -2.47. The maximum absolute atomic E-state index is 12.5. The van der Waals surface area contributed by atoms with Crippen LogP contribution < -0.4 is 5.32 Å². The molecule has 2 bridgehead atoms. The van der Waals surface area contributed by atoms with Crippen molar-refractivity contribution in [3.63, 3.8) is 0 Å². The van der Waals surface area contributed by atoms with Gasteiger partial charge in [-0.2, -0.15) is 0 Å². The van der Waals surface area contributed by atoms with Gasteiger partial charge in [0.25, 0.3) is 0 Å². The zero-order valence-corrected chi connectivity index (χ0v) is 20.2. The van der Waals surface area contributed by atoms with Gasteiger partial charge in [-0.15, -0.1) is 0 Å². The second kappa shape index (κ2) is 9.78. The highest BCUT2D eigenvalue weighted by atomic mass is 16.6. The number of hydrogen-bond donors (Lipinski definition) is 4. The van der Waals surface area contributed by atoms with Crippen LogP contribution in [0.2, 0.25) is 0 Å². The highest BCUT2D eigenvalue weighted by Gasteiger charge is 2.52. The predicted molar refractivity (Wildman–Crippen MR) is 124 cm³/mol. The summed E-state index contributed by atoms with van der Waals surface area (Å²) in [5, 5.41) is 33.6.